The Morgan fingerprint density at radius 2 is 1.91 bits per heavy atom. The number of carbonyl (C=O) groups is 1. The monoisotopic (exact) mass is 475 g/mol. The fraction of sp³-hybridized carbons (Fsp3) is 0.286. The van der Waals surface area contributed by atoms with Gasteiger partial charge in [0.25, 0.3) is 0 Å². The summed E-state index contributed by atoms with van der Waals surface area (Å²) in [5.74, 6) is -2.25. The molecule has 0 radical (unpaired) electrons. The van der Waals surface area contributed by atoms with Gasteiger partial charge in [-0.1, -0.05) is 0 Å². The molecule has 0 saturated heterocycles. The molecule has 1 aromatic carbocycles. The molecule has 2 N–H and O–H groups in total. The number of primary sulfonamides is 1. The molecule has 0 bridgehead atoms. The molecule has 1 amide bonds. The zero-order valence-corrected chi connectivity index (χ0v) is 18.3. The maximum Gasteiger partial charge on any atom is 0.246 e. The standard InChI is InChI=1S/C21H19F2N5O4S/c1-32-18-5-4-13-20-17(8-25-21(13)26-18)27(11-2-3-11)10-19(29)28(20)9-14-15(22)6-12(7-16(14)23)33(24,30)31/h4-8,11H,2-3,9-10H2,1H3,(H2,24,30,31). The summed E-state index contributed by atoms with van der Waals surface area (Å²) >= 11 is 0. The number of halogens is 2. The Morgan fingerprint density at radius 3 is 2.52 bits per heavy atom. The highest BCUT2D eigenvalue weighted by Gasteiger charge is 2.39. The topological polar surface area (TPSA) is 119 Å². The Kier molecular flexibility index (Phi) is 4.94. The smallest absolute Gasteiger partial charge is 0.246 e. The fourth-order valence-electron chi connectivity index (χ4n) is 4.02. The maximum atomic E-state index is 14.8. The van der Waals surface area contributed by atoms with E-state index in [4.69, 9.17) is 9.88 Å². The number of fused-ring (bicyclic) bond motifs is 3. The van der Waals surface area contributed by atoms with Gasteiger partial charge in [0.15, 0.2) is 5.65 Å². The number of rotatable bonds is 5. The van der Waals surface area contributed by atoms with Gasteiger partial charge in [0.1, 0.15) is 11.6 Å². The molecule has 9 nitrogen and oxygen atoms in total. The van der Waals surface area contributed by atoms with Gasteiger partial charge in [0, 0.05) is 23.1 Å². The average Bonchev–Trinajstić information content (AvgIpc) is 3.60. The van der Waals surface area contributed by atoms with Crippen molar-refractivity contribution < 1.29 is 26.7 Å². The van der Waals surface area contributed by atoms with E-state index < -0.39 is 38.7 Å². The predicted octanol–water partition coefficient (Wildman–Crippen LogP) is 2.08. The molecule has 1 aliphatic carbocycles. The van der Waals surface area contributed by atoms with E-state index in [0.717, 1.165) is 12.8 Å². The van der Waals surface area contributed by atoms with Crippen LogP contribution in [-0.4, -0.2) is 44.0 Å². The predicted molar refractivity (Wildman–Crippen MR) is 115 cm³/mol. The first-order valence-electron chi connectivity index (χ1n) is 10.1. The molecule has 0 spiro atoms. The quantitative estimate of drug-likeness (QED) is 0.600. The molecule has 2 aromatic heterocycles. The number of anilines is 2. The number of ether oxygens (including phenoxy) is 1. The zero-order chi connectivity index (χ0) is 23.5. The molecule has 1 saturated carbocycles. The fourth-order valence-corrected chi connectivity index (χ4v) is 4.55. The summed E-state index contributed by atoms with van der Waals surface area (Å²) in [6.07, 6.45) is 3.46. The van der Waals surface area contributed by atoms with E-state index in [1.807, 2.05) is 4.90 Å². The van der Waals surface area contributed by atoms with E-state index in [1.54, 1.807) is 18.3 Å². The van der Waals surface area contributed by atoms with Gasteiger partial charge in [-0.25, -0.2) is 27.3 Å². The molecular formula is C21H19F2N5O4S. The Balaban J connectivity index is 1.65. The molecule has 12 heteroatoms. The van der Waals surface area contributed by atoms with Gasteiger partial charge in [-0.05, 0) is 31.0 Å². The van der Waals surface area contributed by atoms with Crippen LogP contribution in [0.2, 0.25) is 0 Å². The van der Waals surface area contributed by atoms with Gasteiger partial charge >= 0.3 is 0 Å². The Hall–Kier alpha value is -3.38. The number of aromatic nitrogens is 2. The molecule has 1 aliphatic heterocycles. The van der Waals surface area contributed by atoms with Crippen LogP contribution in [0.25, 0.3) is 11.0 Å². The van der Waals surface area contributed by atoms with E-state index in [9.17, 15) is 22.0 Å². The van der Waals surface area contributed by atoms with Crippen molar-refractivity contribution in [3.8, 4) is 5.88 Å². The summed E-state index contributed by atoms with van der Waals surface area (Å²) in [7, 11) is -2.83. The SMILES string of the molecule is COc1ccc2c3c(cnc2n1)N(C1CC1)CC(=O)N3Cc1c(F)cc(S(N)(=O)=O)cc1F. The molecule has 0 atom stereocenters. The highest BCUT2D eigenvalue weighted by molar-refractivity contribution is 7.89. The number of carbonyl (C=O) groups excluding carboxylic acids is 1. The van der Waals surface area contributed by atoms with Crippen LogP contribution in [0.1, 0.15) is 18.4 Å². The van der Waals surface area contributed by atoms with E-state index in [0.29, 0.717) is 40.4 Å². The third kappa shape index (κ3) is 3.74. The van der Waals surface area contributed by atoms with Gasteiger partial charge in [0.2, 0.25) is 21.8 Å². The molecular weight excluding hydrogens is 456 g/mol. The number of nitrogens with zero attached hydrogens (tertiary/aromatic N) is 4. The summed E-state index contributed by atoms with van der Waals surface area (Å²) in [6.45, 7) is -0.412. The van der Waals surface area contributed by atoms with Crippen LogP contribution >= 0.6 is 0 Å². The van der Waals surface area contributed by atoms with Crippen molar-refractivity contribution in [2.45, 2.75) is 30.3 Å². The van der Waals surface area contributed by atoms with Crippen LogP contribution in [0.4, 0.5) is 20.2 Å². The van der Waals surface area contributed by atoms with Gasteiger partial charge < -0.3 is 14.5 Å². The lowest BCUT2D eigenvalue weighted by Crippen LogP contribution is -2.46. The van der Waals surface area contributed by atoms with Crippen molar-refractivity contribution in [1.29, 1.82) is 0 Å². The first-order valence-corrected chi connectivity index (χ1v) is 11.6. The third-order valence-electron chi connectivity index (χ3n) is 5.80. The number of hydrogen-bond acceptors (Lipinski definition) is 7. The minimum atomic E-state index is -4.30. The van der Waals surface area contributed by atoms with E-state index in [2.05, 4.69) is 9.97 Å². The van der Waals surface area contributed by atoms with Crippen LogP contribution < -0.4 is 19.7 Å². The molecule has 1 fully saturated rings. The van der Waals surface area contributed by atoms with Crippen molar-refractivity contribution in [1.82, 2.24) is 9.97 Å². The first-order chi connectivity index (χ1) is 15.7. The average molecular weight is 475 g/mol. The minimum Gasteiger partial charge on any atom is -0.481 e. The number of benzene rings is 1. The van der Waals surface area contributed by atoms with Gasteiger partial charge in [-0.15, -0.1) is 0 Å². The van der Waals surface area contributed by atoms with Gasteiger partial charge in [-0.2, -0.15) is 4.98 Å². The van der Waals surface area contributed by atoms with Crippen LogP contribution in [0.15, 0.2) is 35.4 Å². The number of nitrogens with two attached hydrogens (primary N) is 1. The van der Waals surface area contributed by atoms with Crippen LogP contribution in [0, 0.1) is 11.6 Å². The summed E-state index contributed by atoms with van der Waals surface area (Å²) in [4.78, 5) is 24.4. The van der Waals surface area contributed by atoms with E-state index in [1.165, 1.54) is 12.0 Å². The van der Waals surface area contributed by atoms with Crippen molar-refractivity contribution in [3.63, 3.8) is 0 Å². The summed E-state index contributed by atoms with van der Waals surface area (Å²) in [5.41, 5.74) is 0.966. The van der Waals surface area contributed by atoms with Gasteiger partial charge in [0.05, 0.1) is 42.7 Å². The minimum absolute atomic E-state index is 0.0347. The van der Waals surface area contributed by atoms with Crippen molar-refractivity contribution in [3.05, 3.63) is 47.7 Å². The van der Waals surface area contributed by atoms with Crippen LogP contribution in [0.3, 0.4) is 0 Å². The van der Waals surface area contributed by atoms with Crippen molar-refractivity contribution in [2.75, 3.05) is 23.5 Å². The second-order valence-corrected chi connectivity index (χ2v) is 9.53. The second kappa shape index (κ2) is 7.59. The Morgan fingerprint density at radius 1 is 1.21 bits per heavy atom. The summed E-state index contributed by atoms with van der Waals surface area (Å²) in [5, 5.41) is 5.52. The zero-order valence-electron chi connectivity index (χ0n) is 17.5. The highest BCUT2D eigenvalue weighted by Crippen LogP contribution is 2.44. The second-order valence-electron chi connectivity index (χ2n) is 7.97. The Bertz CT molecular complexity index is 1390. The summed E-state index contributed by atoms with van der Waals surface area (Å²) in [6, 6.07) is 4.81. The van der Waals surface area contributed by atoms with E-state index in [-0.39, 0.29) is 18.5 Å². The number of hydrogen-bond donors (Lipinski definition) is 1. The first kappa shape index (κ1) is 21.5. The van der Waals surface area contributed by atoms with Gasteiger partial charge in [-0.3, -0.25) is 4.79 Å². The molecule has 33 heavy (non-hydrogen) atoms. The third-order valence-corrected chi connectivity index (χ3v) is 6.69. The molecule has 172 valence electrons. The molecule has 3 heterocycles. The number of methoxy groups -OCH3 is 1. The van der Waals surface area contributed by atoms with Crippen LogP contribution in [-0.2, 0) is 21.4 Å². The molecule has 0 unspecified atom stereocenters. The van der Waals surface area contributed by atoms with E-state index >= 15 is 0 Å². The lowest BCUT2D eigenvalue weighted by Gasteiger charge is -2.38. The molecule has 3 aromatic rings. The lowest BCUT2D eigenvalue weighted by molar-refractivity contribution is -0.117. The van der Waals surface area contributed by atoms with Crippen molar-refractivity contribution in [2.24, 2.45) is 5.14 Å². The summed E-state index contributed by atoms with van der Waals surface area (Å²) < 4.78 is 57.7. The maximum absolute atomic E-state index is 14.8. The lowest BCUT2D eigenvalue weighted by atomic mass is 10.1. The number of sulfonamides is 1. The molecule has 2 aliphatic rings. The van der Waals surface area contributed by atoms with Crippen LogP contribution in [0.5, 0.6) is 5.88 Å². The van der Waals surface area contributed by atoms with Crippen molar-refractivity contribution >= 4 is 38.3 Å². The largest absolute Gasteiger partial charge is 0.481 e. The number of amides is 1. The normalized spacial score (nSPS) is 16.3. The highest BCUT2D eigenvalue weighted by atomic mass is 32.2. The number of pyridine rings is 2. The Labute approximate surface area is 187 Å². The molecule has 5 rings (SSSR count).